The molecule has 3 aromatic rings. The van der Waals surface area contributed by atoms with E-state index in [9.17, 15) is 0 Å². The van der Waals surface area contributed by atoms with Crippen LogP contribution in [0.3, 0.4) is 0 Å². The molecule has 0 saturated heterocycles. The summed E-state index contributed by atoms with van der Waals surface area (Å²) in [5.74, 6) is 2.72. The van der Waals surface area contributed by atoms with Crippen molar-refractivity contribution in [2.75, 3.05) is 14.2 Å². The van der Waals surface area contributed by atoms with Crippen molar-refractivity contribution in [3.8, 4) is 11.5 Å². The topological polar surface area (TPSA) is 36.5 Å². The van der Waals surface area contributed by atoms with Gasteiger partial charge in [0.05, 0.1) is 34.9 Å². The van der Waals surface area contributed by atoms with Gasteiger partial charge in [0, 0.05) is 0 Å². The number of ether oxygens (including phenoxy) is 3. The molecule has 1 aromatic heterocycles. The fourth-order valence-electron chi connectivity index (χ4n) is 3.00. The predicted molar refractivity (Wildman–Crippen MR) is 99.2 cm³/mol. The number of hydrogen-bond donors (Lipinski definition) is 0. The van der Waals surface area contributed by atoms with Gasteiger partial charge < -0.3 is 38.2 Å². The Kier molecular flexibility index (Phi) is 7.67. The summed E-state index contributed by atoms with van der Waals surface area (Å²) in [6, 6.07) is 15.9. The number of imidazole rings is 1. The van der Waals surface area contributed by atoms with Crippen LogP contribution in [0.1, 0.15) is 23.1 Å². The molecular formula is C21H25IN2O3. The Labute approximate surface area is 177 Å². The quantitative estimate of drug-likeness (QED) is 0.358. The lowest BCUT2D eigenvalue weighted by molar-refractivity contribution is -0.682. The summed E-state index contributed by atoms with van der Waals surface area (Å²) in [6.45, 7) is 0.497. The van der Waals surface area contributed by atoms with Gasteiger partial charge in [0.1, 0.15) is 23.9 Å². The Hall–Kier alpha value is -2.06. The van der Waals surface area contributed by atoms with Crippen LogP contribution in [0.5, 0.6) is 11.5 Å². The summed E-state index contributed by atoms with van der Waals surface area (Å²) in [4.78, 5) is 0. The van der Waals surface area contributed by atoms with Gasteiger partial charge >= 0.3 is 0 Å². The molecule has 1 unspecified atom stereocenters. The standard InChI is InChI=1S/C21H25N2O3.HI/c1-22-12-13-23(2)21(22)20(17-6-5-7-19(14-17)25-4)26-15-16-8-10-18(24-3)11-9-16;/h5-14,20H,15H2,1-4H3;1H/q+1;/p-1. The number of benzene rings is 2. The summed E-state index contributed by atoms with van der Waals surface area (Å²) < 4.78 is 21.1. The van der Waals surface area contributed by atoms with Crippen molar-refractivity contribution >= 4 is 0 Å². The molecular weight excluding hydrogens is 455 g/mol. The van der Waals surface area contributed by atoms with Gasteiger partial charge in [-0.1, -0.05) is 24.3 Å². The van der Waals surface area contributed by atoms with E-state index in [0.29, 0.717) is 6.61 Å². The molecule has 2 aromatic carbocycles. The number of rotatable bonds is 7. The van der Waals surface area contributed by atoms with Crippen LogP contribution < -0.4 is 38.0 Å². The maximum atomic E-state index is 6.36. The Balaban J connectivity index is 0.00000261. The van der Waals surface area contributed by atoms with Gasteiger partial charge in [-0.15, -0.1) is 0 Å². The van der Waals surface area contributed by atoms with E-state index in [1.807, 2.05) is 69.0 Å². The second-order valence-corrected chi connectivity index (χ2v) is 6.19. The van der Waals surface area contributed by atoms with Crippen LogP contribution in [-0.2, 0) is 25.4 Å². The van der Waals surface area contributed by atoms with Gasteiger partial charge in [0.15, 0.2) is 6.10 Å². The van der Waals surface area contributed by atoms with Gasteiger partial charge in [0.2, 0.25) is 0 Å². The highest BCUT2D eigenvalue weighted by atomic mass is 127. The van der Waals surface area contributed by atoms with Crippen molar-refractivity contribution in [2.45, 2.75) is 12.7 Å². The molecule has 1 heterocycles. The number of halogens is 1. The number of methoxy groups -OCH3 is 2. The Morgan fingerprint density at radius 1 is 1.00 bits per heavy atom. The molecule has 144 valence electrons. The first-order valence-electron chi connectivity index (χ1n) is 8.51. The van der Waals surface area contributed by atoms with Crippen LogP contribution >= 0.6 is 0 Å². The molecule has 0 spiro atoms. The summed E-state index contributed by atoms with van der Waals surface area (Å²) >= 11 is 0. The molecule has 0 fully saturated rings. The van der Waals surface area contributed by atoms with Crippen molar-refractivity contribution in [2.24, 2.45) is 14.1 Å². The highest BCUT2D eigenvalue weighted by Crippen LogP contribution is 2.28. The van der Waals surface area contributed by atoms with Gasteiger partial charge in [0.25, 0.3) is 5.82 Å². The van der Waals surface area contributed by atoms with E-state index < -0.39 is 0 Å². The summed E-state index contributed by atoms with van der Waals surface area (Å²) in [7, 11) is 7.40. The summed E-state index contributed by atoms with van der Waals surface area (Å²) in [5.41, 5.74) is 2.14. The van der Waals surface area contributed by atoms with E-state index >= 15 is 0 Å². The molecule has 0 aliphatic rings. The van der Waals surface area contributed by atoms with E-state index in [4.69, 9.17) is 14.2 Å². The molecule has 6 heteroatoms. The fourth-order valence-corrected chi connectivity index (χ4v) is 3.00. The zero-order valence-electron chi connectivity index (χ0n) is 16.1. The first-order chi connectivity index (χ1) is 12.6. The highest BCUT2D eigenvalue weighted by Gasteiger charge is 2.27. The number of hydrogen-bond acceptors (Lipinski definition) is 3. The van der Waals surface area contributed by atoms with Crippen LogP contribution in [0, 0.1) is 0 Å². The molecule has 3 rings (SSSR count). The Morgan fingerprint density at radius 2 is 1.70 bits per heavy atom. The van der Waals surface area contributed by atoms with Crippen molar-refractivity contribution < 1.29 is 42.8 Å². The highest BCUT2D eigenvalue weighted by molar-refractivity contribution is 5.32. The lowest BCUT2D eigenvalue weighted by Gasteiger charge is -2.17. The molecule has 0 amide bonds. The number of nitrogens with zero attached hydrogens (tertiary/aromatic N) is 2. The average Bonchev–Trinajstić information content (AvgIpc) is 3.01. The van der Waals surface area contributed by atoms with E-state index in [1.165, 1.54) is 0 Å². The second kappa shape index (κ2) is 9.75. The predicted octanol–water partition coefficient (Wildman–Crippen LogP) is 0.177. The van der Waals surface area contributed by atoms with Gasteiger partial charge in [-0.25, -0.2) is 9.13 Å². The molecule has 0 aliphatic carbocycles. The Morgan fingerprint density at radius 3 is 2.30 bits per heavy atom. The molecule has 0 aliphatic heterocycles. The van der Waals surface area contributed by atoms with Gasteiger partial charge in [-0.05, 0) is 35.4 Å². The van der Waals surface area contributed by atoms with Crippen molar-refractivity contribution in [3.63, 3.8) is 0 Å². The minimum atomic E-state index is -0.211. The first-order valence-corrected chi connectivity index (χ1v) is 8.51. The molecule has 5 nitrogen and oxygen atoms in total. The SMILES string of the molecule is COc1ccc(COC(c2cccc(OC)c2)c2n(C)cc[n+]2C)cc1.[I-]. The zero-order valence-corrected chi connectivity index (χ0v) is 18.2. The van der Waals surface area contributed by atoms with Crippen molar-refractivity contribution in [3.05, 3.63) is 77.9 Å². The smallest absolute Gasteiger partial charge is 0.290 e. The molecule has 0 saturated carbocycles. The van der Waals surface area contributed by atoms with Crippen molar-refractivity contribution in [1.29, 1.82) is 0 Å². The van der Waals surface area contributed by atoms with E-state index in [0.717, 1.165) is 28.5 Å². The maximum absolute atomic E-state index is 6.36. The molecule has 27 heavy (non-hydrogen) atoms. The summed E-state index contributed by atoms with van der Waals surface area (Å²) in [5, 5.41) is 0. The molecule has 0 radical (unpaired) electrons. The third-order valence-corrected chi connectivity index (χ3v) is 4.44. The van der Waals surface area contributed by atoms with E-state index in [2.05, 4.69) is 15.2 Å². The van der Waals surface area contributed by atoms with Crippen LogP contribution in [-0.4, -0.2) is 18.8 Å². The average molecular weight is 480 g/mol. The lowest BCUT2D eigenvalue weighted by Crippen LogP contribution is -3.00. The van der Waals surface area contributed by atoms with E-state index in [-0.39, 0.29) is 30.1 Å². The normalized spacial score (nSPS) is 11.6. The Bertz CT molecular complexity index is 843. The lowest BCUT2D eigenvalue weighted by atomic mass is 10.1. The first kappa shape index (κ1) is 21.2. The molecule has 0 N–H and O–H groups in total. The third kappa shape index (κ3) is 5.01. The van der Waals surface area contributed by atoms with Crippen LogP contribution in [0.15, 0.2) is 60.9 Å². The number of aryl methyl sites for hydroxylation is 2. The minimum Gasteiger partial charge on any atom is -1.00 e. The van der Waals surface area contributed by atoms with E-state index in [1.54, 1.807) is 14.2 Å². The van der Waals surface area contributed by atoms with Gasteiger partial charge in [-0.3, -0.25) is 0 Å². The van der Waals surface area contributed by atoms with Crippen LogP contribution in [0.25, 0.3) is 0 Å². The zero-order chi connectivity index (χ0) is 18.5. The van der Waals surface area contributed by atoms with Crippen molar-refractivity contribution in [1.82, 2.24) is 4.57 Å². The largest absolute Gasteiger partial charge is 1.00 e. The maximum Gasteiger partial charge on any atom is 0.290 e. The minimum absolute atomic E-state index is 0. The summed E-state index contributed by atoms with van der Waals surface area (Å²) in [6.07, 6.45) is 3.84. The van der Waals surface area contributed by atoms with Gasteiger partial charge in [-0.2, -0.15) is 0 Å². The monoisotopic (exact) mass is 480 g/mol. The van der Waals surface area contributed by atoms with Crippen LogP contribution in [0.4, 0.5) is 0 Å². The fraction of sp³-hybridized carbons (Fsp3) is 0.286. The number of aromatic nitrogens is 2. The third-order valence-electron chi connectivity index (χ3n) is 4.44. The van der Waals surface area contributed by atoms with Crippen LogP contribution in [0.2, 0.25) is 0 Å². The molecule has 1 atom stereocenters. The second-order valence-electron chi connectivity index (χ2n) is 6.19. The molecule has 0 bridgehead atoms.